The minimum Gasteiger partial charge on any atom is -0.371 e. The van der Waals surface area contributed by atoms with Crippen LogP contribution in [0.3, 0.4) is 0 Å². The Kier molecular flexibility index (Phi) is 4.53. The first kappa shape index (κ1) is 16.6. The molecule has 1 N–H and O–H groups in total. The third kappa shape index (κ3) is 3.19. The van der Waals surface area contributed by atoms with E-state index in [-0.39, 0.29) is 12.0 Å². The Balaban J connectivity index is 1.62. The summed E-state index contributed by atoms with van der Waals surface area (Å²) in [5.74, 6) is -0.238. The summed E-state index contributed by atoms with van der Waals surface area (Å²) in [6.07, 6.45) is 4.49. The molecule has 4 heterocycles. The third-order valence-corrected chi connectivity index (χ3v) is 5.47. The number of amides is 1. The van der Waals surface area contributed by atoms with E-state index in [1.165, 1.54) is 11.3 Å². The number of carbonyl (C=O) groups is 1. The van der Waals surface area contributed by atoms with Crippen molar-refractivity contribution in [3.63, 3.8) is 0 Å². The number of nitrogens with one attached hydrogen (secondary N) is 1. The Morgan fingerprint density at radius 1 is 1.48 bits per heavy atom. The highest BCUT2D eigenvalue weighted by atomic mass is 79.9. The van der Waals surface area contributed by atoms with Crippen LogP contribution in [-0.4, -0.2) is 32.1 Å². The summed E-state index contributed by atoms with van der Waals surface area (Å²) in [6.45, 7) is 2.73. The van der Waals surface area contributed by atoms with Gasteiger partial charge in [0.2, 0.25) is 5.13 Å². The number of ether oxygens (including phenoxy) is 1. The SMILES string of the molecule is CCc1nc2ccc(Br)cn2c1C(=O)Nc1nnc(C2CCCO2)s1. The predicted octanol–water partition coefficient (Wildman–Crippen LogP) is 3.61. The van der Waals surface area contributed by atoms with E-state index in [9.17, 15) is 4.79 Å². The molecule has 1 aliphatic heterocycles. The Morgan fingerprint density at radius 3 is 3.12 bits per heavy atom. The monoisotopic (exact) mass is 421 g/mol. The van der Waals surface area contributed by atoms with E-state index in [1.807, 2.05) is 25.3 Å². The molecular weight excluding hydrogens is 406 g/mol. The number of fused-ring (bicyclic) bond motifs is 1. The van der Waals surface area contributed by atoms with Crippen molar-refractivity contribution in [3.05, 3.63) is 39.2 Å². The van der Waals surface area contributed by atoms with E-state index in [1.54, 1.807) is 4.40 Å². The lowest BCUT2D eigenvalue weighted by atomic mass is 10.2. The Hall–Kier alpha value is -1.84. The summed E-state index contributed by atoms with van der Waals surface area (Å²) in [5, 5.41) is 12.4. The standard InChI is InChI=1S/C16H16BrN5O2S/c1-2-10-13(22-8-9(17)5-6-12(22)18-10)14(23)19-16-21-20-15(25-16)11-4-3-7-24-11/h5-6,8,11H,2-4,7H2,1H3,(H,19,21,23). The van der Waals surface area contributed by atoms with Crippen LogP contribution in [0.4, 0.5) is 5.13 Å². The van der Waals surface area contributed by atoms with E-state index >= 15 is 0 Å². The Bertz CT molecular complexity index is 932. The summed E-state index contributed by atoms with van der Waals surface area (Å²) in [4.78, 5) is 17.4. The number of halogens is 1. The lowest BCUT2D eigenvalue weighted by Crippen LogP contribution is -2.16. The molecule has 1 unspecified atom stereocenters. The van der Waals surface area contributed by atoms with Crippen LogP contribution >= 0.6 is 27.3 Å². The number of aryl methyl sites for hydroxylation is 1. The first-order chi connectivity index (χ1) is 12.2. The molecule has 9 heteroatoms. The minimum absolute atomic E-state index is 0.00103. The Morgan fingerprint density at radius 2 is 2.36 bits per heavy atom. The molecule has 0 radical (unpaired) electrons. The maximum atomic E-state index is 12.8. The molecule has 3 aromatic rings. The van der Waals surface area contributed by atoms with Crippen molar-refractivity contribution in [2.75, 3.05) is 11.9 Å². The van der Waals surface area contributed by atoms with Crippen LogP contribution in [0.2, 0.25) is 0 Å². The number of hydrogen-bond acceptors (Lipinski definition) is 6. The molecule has 0 saturated carbocycles. The first-order valence-corrected chi connectivity index (χ1v) is 9.69. The molecule has 0 spiro atoms. The number of carbonyl (C=O) groups excluding carboxylic acids is 1. The zero-order chi connectivity index (χ0) is 17.4. The normalized spacial score (nSPS) is 17.3. The zero-order valence-corrected chi connectivity index (χ0v) is 15.9. The molecule has 1 saturated heterocycles. The predicted molar refractivity (Wildman–Crippen MR) is 98.1 cm³/mol. The van der Waals surface area contributed by atoms with E-state index < -0.39 is 0 Å². The maximum Gasteiger partial charge on any atom is 0.276 e. The molecule has 1 amide bonds. The molecule has 1 atom stereocenters. The summed E-state index contributed by atoms with van der Waals surface area (Å²) >= 11 is 4.80. The molecule has 7 nitrogen and oxygen atoms in total. The second-order valence-corrected chi connectivity index (χ2v) is 7.66. The molecule has 0 bridgehead atoms. The summed E-state index contributed by atoms with van der Waals surface area (Å²) < 4.78 is 8.28. The molecule has 1 fully saturated rings. The van der Waals surface area contributed by atoms with Gasteiger partial charge < -0.3 is 4.74 Å². The molecule has 130 valence electrons. The van der Waals surface area contributed by atoms with Crippen molar-refractivity contribution in [1.82, 2.24) is 19.6 Å². The van der Waals surface area contributed by atoms with Crippen molar-refractivity contribution >= 4 is 44.0 Å². The van der Waals surface area contributed by atoms with Crippen molar-refractivity contribution < 1.29 is 9.53 Å². The van der Waals surface area contributed by atoms with Crippen molar-refractivity contribution in [1.29, 1.82) is 0 Å². The van der Waals surface area contributed by atoms with Gasteiger partial charge in [-0.1, -0.05) is 18.3 Å². The molecule has 25 heavy (non-hydrogen) atoms. The molecule has 0 aromatic carbocycles. The molecule has 1 aliphatic rings. The average Bonchev–Trinajstić information content (AvgIpc) is 3.32. The molecule has 3 aromatic heterocycles. The van der Waals surface area contributed by atoms with Gasteiger partial charge in [-0.05, 0) is 47.3 Å². The number of nitrogens with zero attached hydrogens (tertiary/aromatic N) is 4. The molecule has 4 rings (SSSR count). The van der Waals surface area contributed by atoms with Crippen LogP contribution < -0.4 is 5.32 Å². The third-order valence-electron chi connectivity index (χ3n) is 4.07. The number of imidazole rings is 1. The fourth-order valence-corrected chi connectivity index (χ4v) is 4.06. The van der Waals surface area contributed by atoms with Crippen LogP contribution in [-0.2, 0) is 11.2 Å². The summed E-state index contributed by atoms with van der Waals surface area (Å²) in [5.41, 5.74) is 2.01. The summed E-state index contributed by atoms with van der Waals surface area (Å²) in [7, 11) is 0. The van der Waals surface area contributed by atoms with Gasteiger partial charge in [-0.25, -0.2) is 4.98 Å². The van der Waals surface area contributed by atoms with Crippen LogP contribution in [0, 0.1) is 0 Å². The van der Waals surface area contributed by atoms with Crippen molar-refractivity contribution in [2.24, 2.45) is 0 Å². The number of pyridine rings is 1. The van der Waals surface area contributed by atoms with Crippen LogP contribution in [0.5, 0.6) is 0 Å². The molecule has 0 aliphatic carbocycles. The number of rotatable bonds is 4. The maximum absolute atomic E-state index is 12.8. The van der Waals surface area contributed by atoms with E-state index in [0.29, 0.717) is 17.2 Å². The second kappa shape index (κ2) is 6.81. The number of hydrogen-bond donors (Lipinski definition) is 1. The van der Waals surface area contributed by atoms with Crippen LogP contribution in [0.15, 0.2) is 22.8 Å². The van der Waals surface area contributed by atoms with Gasteiger partial charge in [-0.3, -0.25) is 14.5 Å². The van der Waals surface area contributed by atoms with Gasteiger partial charge in [-0.2, -0.15) is 0 Å². The van der Waals surface area contributed by atoms with Crippen molar-refractivity contribution in [3.8, 4) is 0 Å². The first-order valence-electron chi connectivity index (χ1n) is 8.08. The fourth-order valence-electron chi connectivity index (χ4n) is 2.90. The lowest BCUT2D eigenvalue weighted by Gasteiger charge is -2.04. The fraction of sp³-hybridized carbons (Fsp3) is 0.375. The topological polar surface area (TPSA) is 81.4 Å². The van der Waals surface area contributed by atoms with Crippen LogP contribution in [0.25, 0.3) is 5.65 Å². The largest absolute Gasteiger partial charge is 0.371 e. The zero-order valence-electron chi connectivity index (χ0n) is 13.5. The van der Waals surface area contributed by atoms with Crippen molar-refractivity contribution in [2.45, 2.75) is 32.3 Å². The van der Waals surface area contributed by atoms with Gasteiger partial charge >= 0.3 is 0 Å². The van der Waals surface area contributed by atoms with Gasteiger partial charge in [0, 0.05) is 17.3 Å². The highest BCUT2D eigenvalue weighted by Gasteiger charge is 2.24. The van der Waals surface area contributed by atoms with Gasteiger partial charge in [0.1, 0.15) is 22.5 Å². The van der Waals surface area contributed by atoms with Crippen LogP contribution in [0.1, 0.15) is 47.1 Å². The number of aromatic nitrogens is 4. The quantitative estimate of drug-likeness (QED) is 0.695. The van der Waals surface area contributed by atoms with Gasteiger partial charge in [0.05, 0.1) is 5.69 Å². The average molecular weight is 422 g/mol. The minimum atomic E-state index is -0.238. The summed E-state index contributed by atoms with van der Waals surface area (Å²) in [6, 6.07) is 3.78. The Labute approximate surface area is 156 Å². The molecular formula is C16H16BrN5O2S. The van der Waals surface area contributed by atoms with E-state index in [0.717, 1.165) is 40.3 Å². The van der Waals surface area contributed by atoms with E-state index in [2.05, 4.69) is 36.4 Å². The highest BCUT2D eigenvalue weighted by Crippen LogP contribution is 2.32. The lowest BCUT2D eigenvalue weighted by molar-refractivity contribution is 0.102. The smallest absolute Gasteiger partial charge is 0.276 e. The number of anilines is 1. The van der Waals surface area contributed by atoms with Gasteiger partial charge in [-0.15, -0.1) is 10.2 Å². The van der Waals surface area contributed by atoms with Gasteiger partial charge in [0.25, 0.3) is 5.91 Å². The highest BCUT2D eigenvalue weighted by molar-refractivity contribution is 9.10. The second-order valence-electron chi connectivity index (χ2n) is 5.74. The van der Waals surface area contributed by atoms with E-state index in [4.69, 9.17) is 4.74 Å². The van der Waals surface area contributed by atoms with Gasteiger partial charge in [0.15, 0.2) is 0 Å².